The van der Waals surface area contributed by atoms with E-state index in [0.29, 0.717) is 12.4 Å². The first-order valence-corrected chi connectivity index (χ1v) is 7.26. The Bertz CT molecular complexity index is 647. The van der Waals surface area contributed by atoms with Crippen LogP contribution in [0.2, 0.25) is 0 Å². The van der Waals surface area contributed by atoms with E-state index in [1.165, 1.54) is 0 Å². The minimum absolute atomic E-state index is 0.157. The number of benzene rings is 1. The number of aromatic nitrogens is 2. The lowest BCUT2D eigenvalue weighted by Crippen LogP contribution is -2.24. The van der Waals surface area contributed by atoms with Crippen molar-refractivity contribution in [2.24, 2.45) is 12.8 Å². The molecule has 7 heteroatoms. The minimum atomic E-state index is -3.52. The van der Waals surface area contributed by atoms with Gasteiger partial charge in [0.15, 0.2) is 0 Å². The molecule has 0 amide bonds. The van der Waals surface area contributed by atoms with Crippen LogP contribution in [0, 0.1) is 0 Å². The number of nitrogens with two attached hydrogens (primary N) is 1. The first-order valence-electron chi connectivity index (χ1n) is 5.78. The smallest absolute Gasteiger partial charge is 0.240 e. The molecule has 0 aliphatic heterocycles. The Hall–Kier alpha value is -1.70. The average molecular weight is 280 g/mol. The van der Waals surface area contributed by atoms with Crippen LogP contribution >= 0.6 is 0 Å². The SMILES string of the molecule is Cn1ccnc1CNS(=O)(=O)c1ccc(CN)cc1. The predicted octanol–water partition coefficient (Wildman–Crippen LogP) is 0.357. The van der Waals surface area contributed by atoms with Crippen LogP contribution in [-0.4, -0.2) is 18.0 Å². The summed E-state index contributed by atoms with van der Waals surface area (Å²) < 4.78 is 28.4. The first kappa shape index (κ1) is 13.7. The standard InChI is InChI=1S/C12H16N4O2S/c1-16-7-6-14-12(16)9-15-19(17,18)11-4-2-10(8-13)3-5-11/h2-7,15H,8-9,13H2,1H3. The average Bonchev–Trinajstić information content (AvgIpc) is 2.82. The molecular weight excluding hydrogens is 264 g/mol. The number of nitrogens with zero attached hydrogens (tertiary/aromatic N) is 2. The Balaban J connectivity index is 2.11. The number of hydrogen-bond acceptors (Lipinski definition) is 4. The predicted molar refractivity (Wildman–Crippen MR) is 71.6 cm³/mol. The van der Waals surface area contributed by atoms with Gasteiger partial charge in [0, 0.05) is 26.0 Å². The number of hydrogen-bond donors (Lipinski definition) is 2. The van der Waals surface area contributed by atoms with Gasteiger partial charge in [0.05, 0.1) is 11.4 Å². The molecule has 2 aromatic rings. The topological polar surface area (TPSA) is 90.0 Å². The van der Waals surface area contributed by atoms with E-state index in [9.17, 15) is 8.42 Å². The van der Waals surface area contributed by atoms with Crippen LogP contribution in [0.15, 0.2) is 41.6 Å². The van der Waals surface area contributed by atoms with Crippen LogP contribution in [0.1, 0.15) is 11.4 Å². The molecule has 6 nitrogen and oxygen atoms in total. The van der Waals surface area contributed by atoms with E-state index in [4.69, 9.17) is 5.73 Å². The Kier molecular flexibility index (Phi) is 3.98. The second-order valence-corrected chi connectivity index (χ2v) is 5.89. The quantitative estimate of drug-likeness (QED) is 0.827. The highest BCUT2D eigenvalue weighted by molar-refractivity contribution is 7.89. The molecule has 0 aliphatic carbocycles. The van der Waals surface area contributed by atoms with E-state index in [1.807, 2.05) is 7.05 Å². The van der Waals surface area contributed by atoms with Crippen molar-refractivity contribution < 1.29 is 8.42 Å². The van der Waals surface area contributed by atoms with Crippen molar-refractivity contribution >= 4 is 10.0 Å². The fraction of sp³-hybridized carbons (Fsp3) is 0.250. The van der Waals surface area contributed by atoms with Gasteiger partial charge < -0.3 is 10.3 Å². The normalized spacial score (nSPS) is 11.7. The molecule has 0 radical (unpaired) electrons. The maximum atomic E-state index is 12.1. The van der Waals surface area contributed by atoms with Crippen LogP contribution in [0.4, 0.5) is 0 Å². The van der Waals surface area contributed by atoms with E-state index in [1.54, 1.807) is 41.2 Å². The van der Waals surface area contributed by atoms with Gasteiger partial charge in [-0.05, 0) is 17.7 Å². The van der Waals surface area contributed by atoms with Crippen molar-refractivity contribution in [2.75, 3.05) is 0 Å². The summed E-state index contributed by atoms with van der Waals surface area (Å²) in [5, 5.41) is 0. The minimum Gasteiger partial charge on any atom is -0.337 e. The zero-order chi connectivity index (χ0) is 13.9. The second-order valence-electron chi connectivity index (χ2n) is 4.13. The molecule has 19 heavy (non-hydrogen) atoms. The van der Waals surface area contributed by atoms with Gasteiger partial charge in [0.25, 0.3) is 0 Å². The van der Waals surface area contributed by atoms with E-state index < -0.39 is 10.0 Å². The van der Waals surface area contributed by atoms with Crippen molar-refractivity contribution in [3.8, 4) is 0 Å². The first-order chi connectivity index (χ1) is 9.03. The maximum absolute atomic E-state index is 12.1. The summed E-state index contributed by atoms with van der Waals surface area (Å²) in [6.45, 7) is 0.547. The number of rotatable bonds is 5. The number of nitrogens with one attached hydrogen (secondary N) is 1. The van der Waals surface area contributed by atoms with E-state index >= 15 is 0 Å². The number of imidazole rings is 1. The molecule has 0 saturated carbocycles. The third kappa shape index (κ3) is 3.19. The van der Waals surface area contributed by atoms with Gasteiger partial charge in [-0.25, -0.2) is 18.1 Å². The molecule has 1 aromatic carbocycles. The zero-order valence-electron chi connectivity index (χ0n) is 10.6. The molecule has 2 rings (SSSR count). The van der Waals surface area contributed by atoms with Gasteiger partial charge in [-0.2, -0.15) is 0 Å². The summed E-state index contributed by atoms with van der Waals surface area (Å²) in [5.41, 5.74) is 6.36. The lowest BCUT2D eigenvalue weighted by atomic mass is 10.2. The van der Waals surface area contributed by atoms with Gasteiger partial charge in [0.2, 0.25) is 10.0 Å². The number of sulfonamides is 1. The van der Waals surface area contributed by atoms with Crippen LogP contribution in [-0.2, 0) is 30.2 Å². The van der Waals surface area contributed by atoms with Crippen molar-refractivity contribution in [2.45, 2.75) is 18.0 Å². The van der Waals surface area contributed by atoms with Crippen molar-refractivity contribution in [1.29, 1.82) is 0 Å². The highest BCUT2D eigenvalue weighted by Crippen LogP contribution is 2.10. The van der Waals surface area contributed by atoms with Crippen molar-refractivity contribution in [3.05, 3.63) is 48.0 Å². The fourth-order valence-corrected chi connectivity index (χ4v) is 2.59. The summed E-state index contributed by atoms with van der Waals surface area (Å²) in [5.74, 6) is 0.655. The molecular formula is C12H16N4O2S. The second kappa shape index (κ2) is 5.52. The van der Waals surface area contributed by atoms with Gasteiger partial charge in [0.1, 0.15) is 5.82 Å². The Morgan fingerprint density at radius 3 is 2.53 bits per heavy atom. The molecule has 1 heterocycles. The van der Waals surface area contributed by atoms with E-state index in [-0.39, 0.29) is 11.4 Å². The number of aryl methyl sites for hydroxylation is 1. The van der Waals surface area contributed by atoms with E-state index in [0.717, 1.165) is 5.56 Å². The third-order valence-corrected chi connectivity index (χ3v) is 4.23. The largest absolute Gasteiger partial charge is 0.337 e. The Morgan fingerprint density at radius 1 is 1.32 bits per heavy atom. The molecule has 3 N–H and O–H groups in total. The van der Waals surface area contributed by atoms with Gasteiger partial charge in [-0.3, -0.25) is 0 Å². The molecule has 0 aliphatic rings. The fourth-order valence-electron chi connectivity index (χ4n) is 1.61. The molecule has 0 bridgehead atoms. The Labute approximate surface area is 112 Å². The van der Waals surface area contributed by atoms with Crippen LogP contribution in [0.5, 0.6) is 0 Å². The van der Waals surface area contributed by atoms with Gasteiger partial charge in [-0.15, -0.1) is 0 Å². The van der Waals surface area contributed by atoms with E-state index in [2.05, 4.69) is 9.71 Å². The summed E-state index contributed by atoms with van der Waals surface area (Å²) in [6, 6.07) is 6.50. The summed E-state index contributed by atoms with van der Waals surface area (Å²) in [4.78, 5) is 4.28. The van der Waals surface area contributed by atoms with Gasteiger partial charge in [-0.1, -0.05) is 12.1 Å². The lowest BCUT2D eigenvalue weighted by Gasteiger charge is -2.07. The van der Waals surface area contributed by atoms with Crippen molar-refractivity contribution in [3.63, 3.8) is 0 Å². The highest BCUT2D eigenvalue weighted by Gasteiger charge is 2.14. The summed E-state index contributed by atoms with van der Waals surface area (Å²) in [7, 11) is -1.71. The molecule has 0 fully saturated rings. The monoisotopic (exact) mass is 280 g/mol. The van der Waals surface area contributed by atoms with Crippen LogP contribution < -0.4 is 10.5 Å². The molecule has 0 spiro atoms. The van der Waals surface area contributed by atoms with Crippen LogP contribution in [0.3, 0.4) is 0 Å². The maximum Gasteiger partial charge on any atom is 0.240 e. The third-order valence-electron chi connectivity index (χ3n) is 2.81. The summed E-state index contributed by atoms with van der Waals surface area (Å²) in [6.07, 6.45) is 3.39. The molecule has 0 unspecified atom stereocenters. The lowest BCUT2D eigenvalue weighted by molar-refractivity contribution is 0.577. The zero-order valence-corrected chi connectivity index (χ0v) is 11.4. The van der Waals surface area contributed by atoms with Gasteiger partial charge >= 0.3 is 0 Å². The summed E-state index contributed by atoms with van der Waals surface area (Å²) >= 11 is 0. The molecule has 0 atom stereocenters. The van der Waals surface area contributed by atoms with Crippen molar-refractivity contribution in [1.82, 2.24) is 14.3 Å². The highest BCUT2D eigenvalue weighted by atomic mass is 32.2. The van der Waals surface area contributed by atoms with Crippen LogP contribution in [0.25, 0.3) is 0 Å². The Morgan fingerprint density at radius 2 is 2.00 bits per heavy atom. The molecule has 102 valence electrons. The molecule has 0 saturated heterocycles. The molecule has 1 aromatic heterocycles.